The molecule has 124 valence electrons. The minimum atomic E-state index is -0.433. The maximum absolute atomic E-state index is 10.3. The Hall–Kier alpha value is -1.43. The number of aliphatic hydroxyl groups is 1. The summed E-state index contributed by atoms with van der Waals surface area (Å²) in [5.41, 5.74) is 2.30. The minimum Gasteiger partial charge on any atom is -0.387 e. The Labute approximate surface area is 142 Å². The van der Waals surface area contributed by atoms with Gasteiger partial charge in [-0.1, -0.05) is 31.2 Å². The molecule has 0 bridgehead atoms. The van der Waals surface area contributed by atoms with Crippen molar-refractivity contribution >= 4 is 16.5 Å². The van der Waals surface area contributed by atoms with Crippen LogP contribution in [0.3, 0.4) is 0 Å². The van der Waals surface area contributed by atoms with Gasteiger partial charge in [0, 0.05) is 37.3 Å². The van der Waals surface area contributed by atoms with E-state index >= 15 is 0 Å². The average Bonchev–Trinajstić information content (AvgIpc) is 3.15. The van der Waals surface area contributed by atoms with Gasteiger partial charge in [0.2, 0.25) is 0 Å². The molecule has 3 rings (SSSR count). The van der Waals surface area contributed by atoms with E-state index in [2.05, 4.69) is 34.3 Å². The number of hydrogen-bond donors (Lipinski definition) is 2. The summed E-state index contributed by atoms with van der Waals surface area (Å²) in [6.07, 6.45) is 4.66. The fourth-order valence-corrected chi connectivity index (χ4v) is 3.72. The summed E-state index contributed by atoms with van der Waals surface area (Å²) in [7, 11) is 0. The Bertz CT molecular complexity index is 577. The Morgan fingerprint density at radius 1 is 1.30 bits per heavy atom. The molecule has 0 aliphatic carbocycles. The van der Waals surface area contributed by atoms with Gasteiger partial charge in [-0.3, -0.25) is 0 Å². The number of anilines is 1. The molecular weight excluding hydrogens is 306 g/mol. The largest absolute Gasteiger partial charge is 0.387 e. The maximum atomic E-state index is 10.3. The lowest BCUT2D eigenvalue weighted by Crippen LogP contribution is -2.43. The first kappa shape index (κ1) is 16.4. The highest BCUT2D eigenvalue weighted by Gasteiger charge is 2.21. The van der Waals surface area contributed by atoms with E-state index in [1.165, 1.54) is 5.56 Å². The molecule has 1 aliphatic heterocycles. The fourth-order valence-electron chi connectivity index (χ4n) is 3.02. The van der Waals surface area contributed by atoms with E-state index in [-0.39, 0.29) is 0 Å². The fraction of sp³-hybridized carbons (Fsp3) is 0.500. The molecule has 23 heavy (non-hydrogen) atoms. The molecule has 1 aromatic carbocycles. The van der Waals surface area contributed by atoms with E-state index in [0.717, 1.165) is 43.0 Å². The van der Waals surface area contributed by atoms with Crippen LogP contribution >= 0.6 is 11.3 Å². The number of benzene rings is 1. The van der Waals surface area contributed by atoms with Crippen molar-refractivity contribution in [2.75, 3.05) is 24.5 Å². The molecule has 1 aliphatic rings. The van der Waals surface area contributed by atoms with Gasteiger partial charge in [-0.25, -0.2) is 4.98 Å². The number of rotatable bonds is 6. The second kappa shape index (κ2) is 7.90. The summed E-state index contributed by atoms with van der Waals surface area (Å²) < 4.78 is 0. The third-order valence-corrected chi connectivity index (χ3v) is 5.39. The lowest BCUT2D eigenvalue weighted by atomic mass is 10.0. The van der Waals surface area contributed by atoms with E-state index < -0.39 is 6.10 Å². The summed E-state index contributed by atoms with van der Waals surface area (Å²) >= 11 is 1.70. The van der Waals surface area contributed by atoms with Gasteiger partial charge in [0.05, 0.1) is 6.10 Å². The first-order valence-corrected chi connectivity index (χ1v) is 9.29. The van der Waals surface area contributed by atoms with Crippen LogP contribution in [0, 0.1) is 0 Å². The normalized spacial score (nSPS) is 17.4. The molecule has 0 radical (unpaired) electrons. The third kappa shape index (κ3) is 4.31. The summed E-state index contributed by atoms with van der Waals surface area (Å²) in [6, 6.07) is 8.76. The van der Waals surface area contributed by atoms with Gasteiger partial charge in [-0.15, -0.1) is 11.3 Å². The highest BCUT2D eigenvalue weighted by atomic mass is 32.1. The summed E-state index contributed by atoms with van der Waals surface area (Å²) in [6.45, 7) is 4.83. The van der Waals surface area contributed by atoms with Gasteiger partial charge in [0.25, 0.3) is 0 Å². The van der Waals surface area contributed by atoms with E-state index in [0.29, 0.717) is 12.6 Å². The van der Waals surface area contributed by atoms with Crippen LogP contribution in [0.5, 0.6) is 0 Å². The molecule has 2 heterocycles. The number of thiazole rings is 1. The lowest BCUT2D eigenvalue weighted by Gasteiger charge is -2.32. The quantitative estimate of drug-likeness (QED) is 0.854. The number of nitrogens with one attached hydrogen (secondary N) is 1. The zero-order valence-corrected chi connectivity index (χ0v) is 14.4. The number of aryl methyl sites for hydroxylation is 1. The second-order valence-corrected chi connectivity index (χ2v) is 6.97. The van der Waals surface area contributed by atoms with Crippen LogP contribution in [0.4, 0.5) is 5.13 Å². The summed E-state index contributed by atoms with van der Waals surface area (Å²) in [5.74, 6) is 0. The molecule has 1 aromatic heterocycles. The summed E-state index contributed by atoms with van der Waals surface area (Å²) in [4.78, 5) is 6.73. The lowest BCUT2D eigenvalue weighted by molar-refractivity contribution is 0.167. The average molecular weight is 331 g/mol. The molecule has 4 nitrogen and oxygen atoms in total. The van der Waals surface area contributed by atoms with E-state index in [1.54, 1.807) is 11.3 Å². The van der Waals surface area contributed by atoms with Crippen LogP contribution in [0.2, 0.25) is 0 Å². The molecule has 5 heteroatoms. The summed E-state index contributed by atoms with van der Waals surface area (Å²) in [5, 5.41) is 17.0. The highest BCUT2D eigenvalue weighted by molar-refractivity contribution is 7.13. The number of hydrogen-bond acceptors (Lipinski definition) is 5. The third-order valence-electron chi connectivity index (χ3n) is 4.56. The number of nitrogens with zero attached hydrogens (tertiary/aromatic N) is 2. The van der Waals surface area contributed by atoms with Crippen LogP contribution in [0.1, 0.15) is 37.0 Å². The molecule has 1 atom stereocenters. The van der Waals surface area contributed by atoms with Crippen molar-refractivity contribution in [3.05, 3.63) is 47.0 Å². The van der Waals surface area contributed by atoms with Crippen molar-refractivity contribution in [1.29, 1.82) is 0 Å². The van der Waals surface area contributed by atoms with Gasteiger partial charge < -0.3 is 15.3 Å². The molecule has 1 fully saturated rings. The Kier molecular flexibility index (Phi) is 5.65. The number of aliphatic hydroxyl groups excluding tert-OH is 1. The smallest absolute Gasteiger partial charge is 0.185 e. The first-order chi connectivity index (χ1) is 11.3. The standard InChI is InChI=1S/C18H25N3OS/c1-2-14-3-5-15(6-4-14)17(22)13-20-16-7-10-21(11-8-16)18-19-9-12-23-18/h3-6,9,12,16-17,20,22H,2,7-8,10-11,13H2,1H3. The van der Waals surface area contributed by atoms with Crippen molar-refractivity contribution in [1.82, 2.24) is 10.3 Å². The zero-order valence-electron chi connectivity index (χ0n) is 13.6. The van der Waals surface area contributed by atoms with Crippen LogP contribution in [0.25, 0.3) is 0 Å². The Balaban J connectivity index is 1.43. The van der Waals surface area contributed by atoms with Crippen LogP contribution in [-0.4, -0.2) is 35.8 Å². The molecule has 0 saturated carbocycles. The van der Waals surface area contributed by atoms with E-state index in [1.807, 2.05) is 23.7 Å². The second-order valence-electron chi connectivity index (χ2n) is 6.10. The van der Waals surface area contributed by atoms with Gasteiger partial charge >= 0.3 is 0 Å². The predicted octanol–water partition coefficient (Wildman–Crippen LogP) is 3.00. The van der Waals surface area contributed by atoms with Crippen molar-refractivity contribution in [3.8, 4) is 0 Å². The molecule has 2 aromatic rings. The van der Waals surface area contributed by atoms with Crippen LogP contribution in [0.15, 0.2) is 35.8 Å². The molecule has 2 N–H and O–H groups in total. The molecule has 1 unspecified atom stereocenters. The number of aromatic nitrogens is 1. The van der Waals surface area contributed by atoms with Crippen LogP contribution in [-0.2, 0) is 6.42 Å². The van der Waals surface area contributed by atoms with Gasteiger partial charge in [-0.2, -0.15) is 0 Å². The zero-order chi connectivity index (χ0) is 16.1. The number of piperidine rings is 1. The Morgan fingerprint density at radius 2 is 2.04 bits per heavy atom. The predicted molar refractivity (Wildman–Crippen MR) is 96.1 cm³/mol. The first-order valence-electron chi connectivity index (χ1n) is 8.41. The minimum absolute atomic E-state index is 0.433. The van der Waals surface area contributed by atoms with Crippen molar-refractivity contribution < 1.29 is 5.11 Å². The molecule has 1 saturated heterocycles. The van der Waals surface area contributed by atoms with E-state index in [9.17, 15) is 5.11 Å². The molecular formula is C18H25N3OS. The SMILES string of the molecule is CCc1ccc(C(O)CNC2CCN(c3nccs3)CC2)cc1. The van der Waals surface area contributed by atoms with Crippen molar-refractivity contribution in [2.24, 2.45) is 0 Å². The van der Waals surface area contributed by atoms with Gasteiger partial charge in [-0.05, 0) is 30.4 Å². The van der Waals surface area contributed by atoms with Gasteiger partial charge in [0.15, 0.2) is 5.13 Å². The monoisotopic (exact) mass is 331 g/mol. The topological polar surface area (TPSA) is 48.4 Å². The maximum Gasteiger partial charge on any atom is 0.185 e. The highest BCUT2D eigenvalue weighted by Crippen LogP contribution is 2.22. The molecule has 0 amide bonds. The Morgan fingerprint density at radius 3 is 2.65 bits per heavy atom. The molecule has 0 spiro atoms. The van der Waals surface area contributed by atoms with Gasteiger partial charge in [0.1, 0.15) is 0 Å². The van der Waals surface area contributed by atoms with Crippen molar-refractivity contribution in [3.63, 3.8) is 0 Å². The van der Waals surface area contributed by atoms with Crippen molar-refractivity contribution in [2.45, 2.75) is 38.3 Å². The van der Waals surface area contributed by atoms with Crippen LogP contribution < -0.4 is 10.2 Å². The van der Waals surface area contributed by atoms with E-state index in [4.69, 9.17) is 0 Å².